The van der Waals surface area contributed by atoms with Crippen LogP contribution >= 0.6 is 0 Å². The molecule has 0 heterocycles. The smallest absolute Gasteiger partial charge is 0.255 e. The lowest BCUT2D eigenvalue weighted by Crippen LogP contribution is -2.11. The molecule has 0 aromatic heterocycles. The van der Waals surface area contributed by atoms with E-state index in [-0.39, 0.29) is 5.91 Å². The SMILES string of the molecule is COc1cccc(C(=O)Nc2ccc(Nc3ccc(C)cc3)cc2)c1. The monoisotopic (exact) mass is 332 g/mol. The topological polar surface area (TPSA) is 50.4 Å². The van der Waals surface area contributed by atoms with Crippen molar-refractivity contribution in [3.05, 3.63) is 83.9 Å². The van der Waals surface area contributed by atoms with Gasteiger partial charge in [-0.3, -0.25) is 4.79 Å². The molecule has 0 spiro atoms. The Kier molecular flexibility index (Phi) is 5.00. The first kappa shape index (κ1) is 16.6. The zero-order chi connectivity index (χ0) is 17.6. The summed E-state index contributed by atoms with van der Waals surface area (Å²) in [4.78, 5) is 12.3. The van der Waals surface area contributed by atoms with Gasteiger partial charge in [0.15, 0.2) is 0 Å². The van der Waals surface area contributed by atoms with Gasteiger partial charge < -0.3 is 15.4 Å². The molecule has 3 aromatic rings. The molecule has 0 aliphatic heterocycles. The number of hydrogen-bond acceptors (Lipinski definition) is 3. The summed E-state index contributed by atoms with van der Waals surface area (Å²) in [5.41, 5.74) is 4.51. The van der Waals surface area contributed by atoms with Crippen LogP contribution in [-0.4, -0.2) is 13.0 Å². The second kappa shape index (κ2) is 7.53. The van der Waals surface area contributed by atoms with Gasteiger partial charge in [-0.25, -0.2) is 0 Å². The quantitative estimate of drug-likeness (QED) is 0.691. The van der Waals surface area contributed by atoms with E-state index in [0.717, 1.165) is 17.1 Å². The van der Waals surface area contributed by atoms with Crippen molar-refractivity contribution in [3.8, 4) is 5.75 Å². The van der Waals surface area contributed by atoms with Gasteiger partial charge in [-0.2, -0.15) is 0 Å². The number of methoxy groups -OCH3 is 1. The highest BCUT2D eigenvalue weighted by atomic mass is 16.5. The fourth-order valence-corrected chi connectivity index (χ4v) is 2.41. The minimum Gasteiger partial charge on any atom is -0.497 e. The average Bonchev–Trinajstić information content (AvgIpc) is 2.65. The molecule has 0 radical (unpaired) electrons. The highest BCUT2D eigenvalue weighted by Crippen LogP contribution is 2.20. The molecule has 0 unspecified atom stereocenters. The van der Waals surface area contributed by atoms with Crippen LogP contribution in [0.1, 0.15) is 15.9 Å². The van der Waals surface area contributed by atoms with E-state index in [0.29, 0.717) is 11.3 Å². The van der Waals surface area contributed by atoms with Gasteiger partial charge >= 0.3 is 0 Å². The van der Waals surface area contributed by atoms with Crippen LogP contribution in [0.15, 0.2) is 72.8 Å². The normalized spacial score (nSPS) is 10.2. The fraction of sp³-hybridized carbons (Fsp3) is 0.0952. The van der Waals surface area contributed by atoms with Crippen LogP contribution < -0.4 is 15.4 Å². The summed E-state index contributed by atoms with van der Waals surface area (Å²) >= 11 is 0. The van der Waals surface area contributed by atoms with Crippen LogP contribution in [0.3, 0.4) is 0 Å². The number of carbonyl (C=O) groups is 1. The van der Waals surface area contributed by atoms with Crippen LogP contribution in [0.2, 0.25) is 0 Å². The Balaban J connectivity index is 1.65. The summed E-state index contributed by atoms with van der Waals surface area (Å²) in [6.45, 7) is 2.06. The van der Waals surface area contributed by atoms with Crippen molar-refractivity contribution >= 4 is 23.0 Å². The minimum atomic E-state index is -0.168. The van der Waals surface area contributed by atoms with Crippen molar-refractivity contribution in [2.75, 3.05) is 17.7 Å². The average molecular weight is 332 g/mol. The van der Waals surface area contributed by atoms with Gasteiger partial charge in [-0.05, 0) is 61.5 Å². The lowest BCUT2D eigenvalue weighted by atomic mass is 10.2. The number of rotatable bonds is 5. The van der Waals surface area contributed by atoms with E-state index >= 15 is 0 Å². The third-order valence-corrected chi connectivity index (χ3v) is 3.81. The van der Waals surface area contributed by atoms with Crippen molar-refractivity contribution < 1.29 is 9.53 Å². The van der Waals surface area contributed by atoms with E-state index in [2.05, 4.69) is 29.7 Å². The molecule has 0 saturated heterocycles. The Bertz CT molecular complexity index is 856. The minimum absolute atomic E-state index is 0.168. The number of aryl methyl sites for hydroxylation is 1. The second-order valence-corrected chi connectivity index (χ2v) is 5.75. The molecule has 0 bridgehead atoms. The number of carbonyl (C=O) groups excluding carboxylic acids is 1. The maximum atomic E-state index is 12.3. The third kappa shape index (κ3) is 4.38. The molecule has 3 rings (SSSR count). The van der Waals surface area contributed by atoms with Gasteiger partial charge in [0.2, 0.25) is 0 Å². The van der Waals surface area contributed by atoms with Crippen molar-refractivity contribution in [2.45, 2.75) is 6.92 Å². The highest BCUT2D eigenvalue weighted by Gasteiger charge is 2.07. The van der Waals surface area contributed by atoms with Gasteiger partial charge in [0.1, 0.15) is 5.75 Å². The molecule has 4 nitrogen and oxygen atoms in total. The van der Waals surface area contributed by atoms with E-state index in [1.54, 1.807) is 25.3 Å². The molecule has 0 aliphatic carbocycles. The summed E-state index contributed by atoms with van der Waals surface area (Å²) in [5, 5.41) is 6.21. The van der Waals surface area contributed by atoms with Crippen molar-refractivity contribution in [3.63, 3.8) is 0 Å². The van der Waals surface area contributed by atoms with E-state index in [1.807, 2.05) is 42.5 Å². The molecule has 0 saturated carbocycles. The highest BCUT2D eigenvalue weighted by molar-refractivity contribution is 6.04. The third-order valence-electron chi connectivity index (χ3n) is 3.81. The largest absolute Gasteiger partial charge is 0.497 e. The molecular weight excluding hydrogens is 312 g/mol. The Labute approximate surface area is 147 Å². The van der Waals surface area contributed by atoms with Crippen LogP contribution in [-0.2, 0) is 0 Å². The summed E-state index contributed by atoms with van der Waals surface area (Å²) in [6, 6.07) is 22.9. The summed E-state index contributed by atoms with van der Waals surface area (Å²) in [6.07, 6.45) is 0. The Morgan fingerprint density at radius 3 is 2.08 bits per heavy atom. The van der Waals surface area contributed by atoms with Crippen LogP contribution in [0.5, 0.6) is 5.75 Å². The maximum absolute atomic E-state index is 12.3. The van der Waals surface area contributed by atoms with E-state index in [9.17, 15) is 4.79 Å². The number of amides is 1. The van der Waals surface area contributed by atoms with Gasteiger partial charge in [0.25, 0.3) is 5.91 Å². The molecule has 126 valence electrons. The van der Waals surface area contributed by atoms with Crippen molar-refractivity contribution in [2.24, 2.45) is 0 Å². The van der Waals surface area contributed by atoms with Crippen molar-refractivity contribution in [1.82, 2.24) is 0 Å². The zero-order valence-electron chi connectivity index (χ0n) is 14.2. The maximum Gasteiger partial charge on any atom is 0.255 e. The predicted molar refractivity (Wildman–Crippen MR) is 102 cm³/mol. The summed E-state index contributed by atoms with van der Waals surface area (Å²) < 4.78 is 5.15. The number of nitrogens with one attached hydrogen (secondary N) is 2. The molecule has 4 heteroatoms. The van der Waals surface area contributed by atoms with Crippen molar-refractivity contribution in [1.29, 1.82) is 0 Å². The lowest BCUT2D eigenvalue weighted by molar-refractivity contribution is 0.102. The van der Waals surface area contributed by atoms with E-state index in [1.165, 1.54) is 5.56 Å². The lowest BCUT2D eigenvalue weighted by Gasteiger charge is -2.09. The Hall–Kier alpha value is -3.27. The first-order valence-corrected chi connectivity index (χ1v) is 8.03. The van der Waals surface area contributed by atoms with Gasteiger partial charge in [-0.1, -0.05) is 23.8 Å². The van der Waals surface area contributed by atoms with Crippen LogP contribution in [0, 0.1) is 6.92 Å². The number of ether oxygens (including phenoxy) is 1. The van der Waals surface area contributed by atoms with Gasteiger partial charge in [-0.15, -0.1) is 0 Å². The Morgan fingerprint density at radius 1 is 0.840 bits per heavy atom. The second-order valence-electron chi connectivity index (χ2n) is 5.75. The fourth-order valence-electron chi connectivity index (χ4n) is 2.41. The first-order valence-electron chi connectivity index (χ1n) is 8.03. The molecule has 25 heavy (non-hydrogen) atoms. The molecule has 1 amide bonds. The summed E-state index contributed by atoms with van der Waals surface area (Å²) in [5.74, 6) is 0.489. The zero-order valence-corrected chi connectivity index (χ0v) is 14.2. The van der Waals surface area contributed by atoms with Gasteiger partial charge in [0.05, 0.1) is 7.11 Å². The number of hydrogen-bond donors (Lipinski definition) is 2. The molecule has 3 aromatic carbocycles. The molecule has 0 aliphatic rings. The molecule has 2 N–H and O–H groups in total. The molecule has 0 atom stereocenters. The molecule has 0 fully saturated rings. The van der Waals surface area contributed by atoms with Crippen LogP contribution in [0.25, 0.3) is 0 Å². The molecular formula is C21H20N2O2. The summed E-state index contributed by atoms with van der Waals surface area (Å²) in [7, 11) is 1.58. The Morgan fingerprint density at radius 2 is 1.44 bits per heavy atom. The van der Waals surface area contributed by atoms with Gasteiger partial charge in [0, 0.05) is 22.6 Å². The number of anilines is 3. The number of benzene rings is 3. The van der Waals surface area contributed by atoms with E-state index < -0.39 is 0 Å². The van der Waals surface area contributed by atoms with E-state index in [4.69, 9.17) is 4.74 Å². The predicted octanol–water partition coefficient (Wildman–Crippen LogP) is 5.00. The first-order chi connectivity index (χ1) is 12.1. The standard InChI is InChI=1S/C21H20N2O2/c1-15-6-8-17(9-7-15)22-18-10-12-19(13-11-18)23-21(24)16-4-3-5-20(14-16)25-2/h3-14,22H,1-2H3,(H,23,24). The van der Waals surface area contributed by atoms with Crippen LogP contribution in [0.4, 0.5) is 17.1 Å².